The minimum absolute atomic E-state index is 0.135. The van der Waals surface area contributed by atoms with Gasteiger partial charge < -0.3 is 5.73 Å². The molecule has 3 aromatic rings. The number of hydrogen-bond acceptors (Lipinski definition) is 2. The Morgan fingerprint density at radius 2 is 1.74 bits per heavy atom. The molecule has 0 unspecified atom stereocenters. The molecule has 0 saturated heterocycles. The number of amides is 1. The van der Waals surface area contributed by atoms with E-state index >= 15 is 0 Å². The highest BCUT2D eigenvalue weighted by atomic mass is 16.1. The van der Waals surface area contributed by atoms with E-state index in [-0.39, 0.29) is 5.41 Å². The second-order valence-electron chi connectivity index (χ2n) is 6.83. The number of nitrogens with zero attached hydrogens (tertiary/aromatic N) is 2. The molecule has 0 bridgehead atoms. The lowest BCUT2D eigenvalue weighted by Crippen LogP contribution is -2.13. The van der Waals surface area contributed by atoms with Crippen LogP contribution in [0.5, 0.6) is 0 Å². The Balaban J connectivity index is 1.97. The van der Waals surface area contributed by atoms with Gasteiger partial charge in [-0.25, -0.2) is 0 Å². The van der Waals surface area contributed by atoms with E-state index < -0.39 is 5.91 Å². The lowest BCUT2D eigenvalue weighted by molar-refractivity contribution is 0.0996. The summed E-state index contributed by atoms with van der Waals surface area (Å²) in [6.07, 6.45) is 0. The van der Waals surface area contributed by atoms with Crippen LogP contribution in [-0.2, 0) is 12.0 Å². The van der Waals surface area contributed by atoms with Crippen molar-refractivity contribution in [3.8, 4) is 0 Å². The van der Waals surface area contributed by atoms with E-state index in [1.54, 1.807) is 0 Å². The van der Waals surface area contributed by atoms with Gasteiger partial charge in [0.05, 0.1) is 12.1 Å². The molecule has 0 radical (unpaired) electrons. The smallest absolute Gasteiger partial charge is 0.269 e. The molecule has 23 heavy (non-hydrogen) atoms. The van der Waals surface area contributed by atoms with Crippen molar-refractivity contribution in [3.05, 3.63) is 65.4 Å². The van der Waals surface area contributed by atoms with Crippen molar-refractivity contribution in [1.29, 1.82) is 0 Å². The fourth-order valence-corrected chi connectivity index (χ4v) is 2.71. The molecule has 0 aliphatic heterocycles. The average Bonchev–Trinajstić information content (AvgIpc) is 2.86. The average molecular weight is 307 g/mol. The van der Waals surface area contributed by atoms with Crippen molar-refractivity contribution in [2.45, 2.75) is 32.7 Å². The van der Waals surface area contributed by atoms with Gasteiger partial charge in [-0.1, -0.05) is 63.2 Å². The van der Waals surface area contributed by atoms with E-state index in [1.807, 2.05) is 28.9 Å². The molecule has 0 fully saturated rings. The van der Waals surface area contributed by atoms with Gasteiger partial charge in [0.1, 0.15) is 0 Å². The van der Waals surface area contributed by atoms with Crippen molar-refractivity contribution in [2.75, 3.05) is 0 Å². The van der Waals surface area contributed by atoms with Gasteiger partial charge in [0.15, 0.2) is 5.69 Å². The third-order valence-electron chi connectivity index (χ3n) is 4.04. The monoisotopic (exact) mass is 307 g/mol. The molecule has 0 saturated carbocycles. The van der Waals surface area contributed by atoms with Crippen molar-refractivity contribution in [2.24, 2.45) is 5.73 Å². The number of para-hydroxylation sites is 1. The van der Waals surface area contributed by atoms with Crippen LogP contribution in [-0.4, -0.2) is 15.7 Å². The van der Waals surface area contributed by atoms with Crippen LogP contribution in [0.15, 0.2) is 48.5 Å². The fourth-order valence-electron chi connectivity index (χ4n) is 2.71. The zero-order valence-electron chi connectivity index (χ0n) is 13.7. The number of aromatic nitrogens is 2. The summed E-state index contributed by atoms with van der Waals surface area (Å²) in [5, 5.41) is 5.19. The number of nitrogens with two attached hydrogens (primary N) is 1. The molecular weight excluding hydrogens is 286 g/mol. The van der Waals surface area contributed by atoms with Crippen LogP contribution in [0, 0.1) is 0 Å². The zero-order chi connectivity index (χ0) is 16.6. The third-order valence-corrected chi connectivity index (χ3v) is 4.04. The SMILES string of the molecule is CC(C)(C)c1ccc(Cn2nc(C(N)=O)c3ccccc32)cc1. The Bertz CT molecular complexity index is 854. The van der Waals surface area contributed by atoms with E-state index in [9.17, 15) is 4.79 Å². The van der Waals surface area contributed by atoms with Crippen LogP contribution in [0.2, 0.25) is 0 Å². The van der Waals surface area contributed by atoms with E-state index in [1.165, 1.54) is 5.56 Å². The standard InChI is InChI=1S/C19H21N3O/c1-19(2,3)14-10-8-13(9-11-14)12-22-16-7-5-4-6-15(16)17(21-22)18(20)23/h4-11H,12H2,1-3H3,(H2,20,23). The maximum atomic E-state index is 11.6. The number of carbonyl (C=O) groups excluding carboxylic acids is 1. The van der Waals surface area contributed by atoms with Gasteiger partial charge in [0, 0.05) is 5.39 Å². The Kier molecular flexibility index (Phi) is 3.68. The molecule has 1 aromatic heterocycles. The maximum Gasteiger partial charge on any atom is 0.269 e. The van der Waals surface area contributed by atoms with Crippen LogP contribution >= 0.6 is 0 Å². The Morgan fingerprint density at radius 1 is 1.09 bits per heavy atom. The third kappa shape index (κ3) is 2.97. The number of hydrogen-bond donors (Lipinski definition) is 1. The summed E-state index contributed by atoms with van der Waals surface area (Å²) in [5.74, 6) is -0.497. The molecule has 1 amide bonds. The quantitative estimate of drug-likeness (QED) is 0.805. The van der Waals surface area contributed by atoms with E-state index in [0.717, 1.165) is 16.5 Å². The van der Waals surface area contributed by atoms with E-state index in [2.05, 4.69) is 50.1 Å². The molecular formula is C19H21N3O. The molecule has 0 aliphatic carbocycles. The van der Waals surface area contributed by atoms with Gasteiger partial charge in [-0.3, -0.25) is 9.48 Å². The van der Waals surface area contributed by atoms with E-state index in [0.29, 0.717) is 12.2 Å². The summed E-state index contributed by atoms with van der Waals surface area (Å²) in [6, 6.07) is 16.2. The molecule has 0 aliphatic rings. The zero-order valence-corrected chi connectivity index (χ0v) is 13.7. The summed E-state index contributed by atoms with van der Waals surface area (Å²) >= 11 is 0. The summed E-state index contributed by atoms with van der Waals surface area (Å²) in [5.41, 5.74) is 9.25. The highest BCUT2D eigenvalue weighted by Crippen LogP contribution is 2.23. The minimum Gasteiger partial charge on any atom is -0.364 e. The first-order chi connectivity index (χ1) is 10.9. The number of rotatable bonds is 3. The number of carbonyl (C=O) groups is 1. The van der Waals surface area contributed by atoms with E-state index in [4.69, 9.17) is 5.73 Å². The molecule has 3 rings (SSSR count). The molecule has 2 aromatic carbocycles. The minimum atomic E-state index is -0.497. The van der Waals surface area contributed by atoms with Gasteiger partial charge in [0.25, 0.3) is 5.91 Å². The van der Waals surface area contributed by atoms with Gasteiger partial charge in [0.2, 0.25) is 0 Å². The van der Waals surface area contributed by atoms with Crippen LogP contribution in [0.25, 0.3) is 10.9 Å². The Hall–Kier alpha value is -2.62. The van der Waals surface area contributed by atoms with Gasteiger partial charge >= 0.3 is 0 Å². The first kappa shape index (κ1) is 15.3. The normalized spacial score (nSPS) is 11.8. The van der Waals surface area contributed by atoms with Crippen LogP contribution in [0.1, 0.15) is 42.4 Å². The second kappa shape index (κ2) is 5.54. The predicted octanol–water partition coefficient (Wildman–Crippen LogP) is 3.48. The summed E-state index contributed by atoms with van der Waals surface area (Å²) < 4.78 is 1.83. The second-order valence-corrected chi connectivity index (χ2v) is 6.83. The molecule has 4 heteroatoms. The Labute approximate surface area is 135 Å². The first-order valence-corrected chi connectivity index (χ1v) is 7.71. The molecule has 2 N–H and O–H groups in total. The lowest BCUT2D eigenvalue weighted by Gasteiger charge is -2.19. The molecule has 1 heterocycles. The molecule has 0 atom stereocenters. The lowest BCUT2D eigenvalue weighted by atomic mass is 9.87. The van der Waals surface area contributed by atoms with Crippen molar-refractivity contribution in [1.82, 2.24) is 9.78 Å². The summed E-state index contributed by atoms with van der Waals surface area (Å²) in [6.45, 7) is 7.20. The van der Waals surface area contributed by atoms with Crippen molar-refractivity contribution < 1.29 is 4.79 Å². The highest BCUT2D eigenvalue weighted by molar-refractivity contribution is 6.04. The summed E-state index contributed by atoms with van der Waals surface area (Å²) in [4.78, 5) is 11.6. The van der Waals surface area contributed by atoms with Crippen molar-refractivity contribution in [3.63, 3.8) is 0 Å². The molecule has 0 spiro atoms. The maximum absolute atomic E-state index is 11.6. The largest absolute Gasteiger partial charge is 0.364 e. The summed E-state index contributed by atoms with van der Waals surface area (Å²) in [7, 11) is 0. The number of fused-ring (bicyclic) bond motifs is 1. The van der Waals surface area contributed by atoms with Gasteiger partial charge in [-0.2, -0.15) is 5.10 Å². The van der Waals surface area contributed by atoms with Gasteiger partial charge in [-0.15, -0.1) is 0 Å². The van der Waals surface area contributed by atoms with Crippen LogP contribution in [0.3, 0.4) is 0 Å². The first-order valence-electron chi connectivity index (χ1n) is 7.71. The predicted molar refractivity (Wildman–Crippen MR) is 92.5 cm³/mol. The molecule has 4 nitrogen and oxygen atoms in total. The topological polar surface area (TPSA) is 60.9 Å². The van der Waals surface area contributed by atoms with Crippen molar-refractivity contribution >= 4 is 16.8 Å². The molecule has 118 valence electrons. The highest BCUT2D eigenvalue weighted by Gasteiger charge is 2.15. The van der Waals surface area contributed by atoms with Gasteiger partial charge in [-0.05, 0) is 22.6 Å². The Morgan fingerprint density at radius 3 is 2.35 bits per heavy atom. The van der Waals surface area contributed by atoms with Crippen LogP contribution < -0.4 is 5.73 Å². The van der Waals surface area contributed by atoms with Crippen LogP contribution in [0.4, 0.5) is 0 Å². The number of primary amides is 1. The fraction of sp³-hybridized carbons (Fsp3) is 0.263. The number of benzene rings is 2.